The number of ketones is 2. The van der Waals surface area contributed by atoms with Gasteiger partial charge >= 0.3 is 0 Å². The molecule has 39 heavy (non-hydrogen) atoms. The Hall–Kier alpha value is -4.00. The number of aromatic hydroxyl groups is 1. The number of methoxy groups -OCH3 is 2. The van der Waals surface area contributed by atoms with Crippen LogP contribution in [0.1, 0.15) is 43.9 Å². The molecular weight excluding hydrogens is 539 g/mol. The topological polar surface area (TPSA) is 82.1 Å². The van der Waals surface area contributed by atoms with Crippen LogP contribution in [0, 0.1) is 5.92 Å². The minimum Gasteiger partial charge on any atom is -0.507 e. The highest BCUT2D eigenvalue weighted by molar-refractivity contribution is 6.31. The first-order valence-electron chi connectivity index (χ1n) is 12.1. The summed E-state index contributed by atoms with van der Waals surface area (Å²) < 4.78 is 17.0. The van der Waals surface area contributed by atoms with E-state index in [4.69, 9.17) is 37.4 Å². The number of rotatable bonds is 7. The van der Waals surface area contributed by atoms with Gasteiger partial charge in [0.25, 0.3) is 0 Å². The van der Waals surface area contributed by atoms with Gasteiger partial charge in [0, 0.05) is 10.0 Å². The fourth-order valence-electron chi connectivity index (χ4n) is 4.93. The van der Waals surface area contributed by atoms with E-state index in [2.05, 4.69) is 0 Å². The molecule has 1 heterocycles. The van der Waals surface area contributed by atoms with Crippen LogP contribution in [-0.4, -0.2) is 30.9 Å². The summed E-state index contributed by atoms with van der Waals surface area (Å²) >= 11 is 12.5. The van der Waals surface area contributed by atoms with Crippen LogP contribution in [-0.2, 0) is 0 Å². The Morgan fingerprint density at radius 1 is 0.846 bits per heavy atom. The molecule has 0 saturated carbocycles. The highest BCUT2D eigenvalue weighted by atomic mass is 35.5. The number of benzene rings is 4. The van der Waals surface area contributed by atoms with Gasteiger partial charge in [-0.05, 0) is 71.8 Å². The Morgan fingerprint density at radius 2 is 1.44 bits per heavy atom. The average Bonchev–Trinajstić information content (AvgIpc) is 2.96. The molecule has 0 unspecified atom stereocenters. The molecule has 0 radical (unpaired) electrons. The largest absolute Gasteiger partial charge is 0.507 e. The number of carbonyl (C=O) groups is 2. The summed E-state index contributed by atoms with van der Waals surface area (Å²) in [4.78, 5) is 28.5. The van der Waals surface area contributed by atoms with Crippen LogP contribution >= 0.6 is 23.2 Å². The second-order valence-corrected chi connectivity index (χ2v) is 9.99. The quantitative estimate of drug-likeness (QED) is 0.238. The summed E-state index contributed by atoms with van der Waals surface area (Å²) in [7, 11) is 3.11. The van der Waals surface area contributed by atoms with E-state index >= 15 is 0 Å². The van der Waals surface area contributed by atoms with Gasteiger partial charge in [-0.3, -0.25) is 9.59 Å². The highest BCUT2D eigenvalue weighted by Gasteiger charge is 2.47. The molecular formula is C31H24Cl2O6. The average molecular weight is 563 g/mol. The van der Waals surface area contributed by atoms with Crippen molar-refractivity contribution < 1.29 is 28.9 Å². The van der Waals surface area contributed by atoms with E-state index in [1.807, 2.05) is 0 Å². The molecule has 3 atom stereocenters. The van der Waals surface area contributed by atoms with E-state index in [0.29, 0.717) is 33.4 Å². The van der Waals surface area contributed by atoms with Gasteiger partial charge in [-0.1, -0.05) is 47.5 Å². The molecule has 0 aliphatic carbocycles. The minimum absolute atomic E-state index is 0.00138. The number of Topliss-reactive ketones (excluding diaryl/α,β-unsaturated/α-hetero) is 2. The van der Waals surface area contributed by atoms with Crippen molar-refractivity contribution in [3.05, 3.63) is 117 Å². The normalized spacial score (nSPS) is 17.1. The van der Waals surface area contributed by atoms with Crippen LogP contribution in [0.25, 0.3) is 0 Å². The number of phenolic OH excluding ortho intramolecular Hbond substituents is 1. The van der Waals surface area contributed by atoms with Gasteiger partial charge < -0.3 is 19.3 Å². The second kappa shape index (κ2) is 11.0. The molecule has 0 aromatic heterocycles. The lowest BCUT2D eigenvalue weighted by atomic mass is 9.71. The Labute approximate surface area is 235 Å². The van der Waals surface area contributed by atoms with E-state index < -0.39 is 23.7 Å². The molecule has 6 nitrogen and oxygen atoms in total. The third kappa shape index (κ3) is 5.18. The fourth-order valence-corrected chi connectivity index (χ4v) is 5.27. The molecule has 198 valence electrons. The van der Waals surface area contributed by atoms with E-state index in [1.165, 1.54) is 18.2 Å². The highest BCUT2D eigenvalue weighted by Crippen LogP contribution is 2.47. The van der Waals surface area contributed by atoms with Crippen molar-refractivity contribution in [1.29, 1.82) is 0 Å². The SMILES string of the molecule is COc1ccc([C@@H]2Oc3ccc(Cl)cc3C(=O)[C@H]2[C@@H](C(=O)c2cc(Cl)ccc2O)c2ccc(OC)cc2)cc1. The lowest BCUT2D eigenvalue weighted by molar-refractivity contribution is 0.0548. The van der Waals surface area contributed by atoms with Crippen molar-refractivity contribution in [2.45, 2.75) is 12.0 Å². The smallest absolute Gasteiger partial charge is 0.174 e. The lowest BCUT2D eigenvalue weighted by Crippen LogP contribution is -2.39. The van der Waals surface area contributed by atoms with E-state index in [1.54, 1.807) is 80.9 Å². The third-order valence-corrected chi connectivity index (χ3v) is 7.35. The first kappa shape index (κ1) is 26.6. The van der Waals surface area contributed by atoms with Gasteiger partial charge in [0.1, 0.15) is 29.1 Å². The Kier molecular flexibility index (Phi) is 7.51. The van der Waals surface area contributed by atoms with Crippen molar-refractivity contribution in [3.8, 4) is 23.0 Å². The van der Waals surface area contributed by atoms with Crippen LogP contribution in [0.2, 0.25) is 10.0 Å². The predicted molar refractivity (Wildman–Crippen MR) is 149 cm³/mol. The summed E-state index contributed by atoms with van der Waals surface area (Å²) in [5, 5.41) is 11.3. The molecule has 8 heteroatoms. The summed E-state index contributed by atoms with van der Waals surface area (Å²) in [5.41, 5.74) is 1.50. The van der Waals surface area contributed by atoms with Gasteiger partial charge in [-0.15, -0.1) is 0 Å². The van der Waals surface area contributed by atoms with Crippen molar-refractivity contribution >= 4 is 34.8 Å². The van der Waals surface area contributed by atoms with Gasteiger partial charge in [0.2, 0.25) is 0 Å². The summed E-state index contributed by atoms with van der Waals surface area (Å²) in [6.45, 7) is 0. The van der Waals surface area contributed by atoms with Gasteiger partial charge in [-0.2, -0.15) is 0 Å². The minimum atomic E-state index is -1.05. The first-order valence-corrected chi connectivity index (χ1v) is 12.9. The Balaban J connectivity index is 1.72. The molecule has 0 saturated heterocycles. The molecule has 5 rings (SSSR count). The van der Waals surface area contributed by atoms with Gasteiger partial charge in [0.05, 0.1) is 37.2 Å². The zero-order chi connectivity index (χ0) is 27.7. The van der Waals surface area contributed by atoms with E-state index in [0.717, 1.165) is 0 Å². The maximum absolute atomic E-state index is 14.3. The second-order valence-electron chi connectivity index (χ2n) is 9.12. The molecule has 0 fully saturated rings. The number of carbonyl (C=O) groups excluding carboxylic acids is 2. The Bertz CT molecular complexity index is 1530. The van der Waals surface area contributed by atoms with E-state index in [-0.39, 0.29) is 27.7 Å². The molecule has 1 aliphatic heterocycles. The predicted octanol–water partition coefficient (Wildman–Crippen LogP) is 7.32. The van der Waals surface area contributed by atoms with Crippen molar-refractivity contribution in [2.24, 2.45) is 5.92 Å². The molecule has 4 aromatic carbocycles. The summed E-state index contributed by atoms with van der Waals surface area (Å²) in [6, 6.07) is 23.1. The van der Waals surface area contributed by atoms with Gasteiger partial charge in [0.15, 0.2) is 11.6 Å². The molecule has 0 bridgehead atoms. The number of phenols is 1. The summed E-state index contributed by atoms with van der Waals surface area (Å²) in [6.07, 6.45) is -0.838. The molecule has 4 aromatic rings. The number of fused-ring (bicyclic) bond motifs is 1. The van der Waals surface area contributed by atoms with Crippen molar-refractivity contribution in [3.63, 3.8) is 0 Å². The maximum Gasteiger partial charge on any atom is 0.174 e. The number of halogens is 2. The van der Waals surface area contributed by atoms with Crippen molar-refractivity contribution in [1.82, 2.24) is 0 Å². The molecule has 0 spiro atoms. The van der Waals surface area contributed by atoms with Crippen LogP contribution in [0.3, 0.4) is 0 Å². The summed E-state index contributed by atoms with van der Waals surface area (Å²) in [5.74, 6) is -1.50. The van der Waals surface area contributed by atoms with Gasteiger partial charge in [-0.25, -0.2) is 0 Å². The molecule has 1 aliphatic rings. The van der Waals surface area contributed by atoms with Crippen LogP contribution in [0.5, 0.6) is 23.0 Å². The van der Waals surface area contributed by atoms with Crippen LogP contribution < -0.4 is 14.2 Å². The zero-order valence-corrected chi connectivity index (χ0v) is 22.6. The monoisotopic (exact) mass is 562 g/mol. The molecule has 0 amide bonds. The zero-order valence-electron chi connectivity index (χ0n) is 21.1. The van der Waals surface area contributed by atoms with Crippen LogP contribution in [0.4, 0.5) is 0 Å². The number of hydrogen-bond donors (Lipinski definition) is 1. The first-order chi connectivity index (χ1) is 18.8. The number of ether oxygens (including phenoxy) is 3. The fraction of sp³-hybridized carbons (Fsp3) is 0.161. The van der Waals surface area contributed by atoms with Crippen molar-refractivity contribution in [2.75, 3.05) is 14.2 Å². The maximum atomic E-state index is 14.3. The van der Waals surface area contributed by atoms with Crippen LogP contribution in [0.15, 0.2) is 84.9 Å². The Morgan fingerprint density at radius 3 is 2.08 bits per heavy atom. The van der Waals surface area contributed by atoms with E-state index in [9.17, 15) is 14.7 Å². The lowest BCUT2D eigenvalue weighted by Gasteiger charge is -2.37. The number of hydrogen-bond acceptors (Lipinski definition) is 6. The standard InChI is InChI=1S/C31H24Cl2O6/c1-37-21-9-3-17(4-10-21)27(29(35)23-15-19(32)7-13-25(23)34)28-30(36)24-16-20(33)8-14-26(24)39-31(28)18-5-11-22(38-2)12-6-18/h3-16,27-28,31,34H,1-2H3/t27-,28+,31-/m0/s1. The third-order valence-electron chi connectivity index (χ3n) is 6.87. The molecule has 1 N–H and O–H groups in total.